The topological polar surface area (TPSA) is 50.1 Å². The normalized spacial score (nSPS) is 24.2. The summed E-state index contributed by atoms with van der Waals surface area (Å²) < 4.78 is 2.19. The highest BCUT2D eigenvalue weighted by atomic mass is 15.3. The number of hydrogen-bond acceptors (Lipinski definition) is 5. The summed E-state index contributed by atoms with van der Waals surface area (Å²) in [5.74, 6) is 0.955. The highest BCUT2D eigenvalue weighted by molar-refractivity contribution is 5.38. The Morgan fingerprint density at radius 1 is 1.14 bits per heavy atom. The van der Waals surface area contributed by atoms with Crippen molar-refractivity contribution >= 4 is 5.95 Å². The molecule has 2 saturated heterocycles. The van der Waals surface area contributed by atoms with Gasteiger partial charge >= 0.3 is 0 Å². The third-order valence-corrected chi connectivity index (χ3v) is 7.01. The van der Waals surface area contributed by atoms with Crippen molar-refractivity contribution in [1.29, 1.82) is 0 Å². The molecular formula is C22H32N6. The summed E-state index contributed by atoms with van der Waals surface area (Å²) in [7, 11) is 0. The summed E-state index contributed by atoms with van der Waals surface area (Å²) in [6.45, 7) is 10.8. The summed E-state index contributed by atoms with van der Waals surface area (Å²) in [5.41, 5.74) is 6.62. The van der Waals surface area contributed by atoms with Gasteiger partial charge in [0.15, 0.2) is 0 Å². The molecule has 0 amide bonds. The van der Waals surface area contributed by atoms with Crippen molar-refractivity contribution in [3.63, 3.8) is 0 Å². The van der Waals surface area contributed by atoms with E-state index in [-0.39, 0.29) is 0 Å². The van der Waals surface area contributed by atoms with E-state index in [1.807, 2.05) is 0 Å². The summed E-state index contributed by atoms with van der Waals surface area (Å²) >= 11 is 0. The first kappa shape index (κ1) is 18.1. The van der Waals surface area contributed by atoms with Gasteiger partial charge < -0.3 is 4.90 Å². The monoisotopic (exact) mass is 380 g/mol. The molecule has 6 heteroatoms. The second-order valence-corrected chi connectivity index (χ2v) is 8.76. The molecule has 2 aromatic rings. The van der Waals surface area contributed by atoms with Crippen LogP contribution < -0.4 is 4.90 Å². The van der Waals surface area contributed by atoms with Gasteiger partial charge in [0.2, 0.25) is 5.95 Å². The van der Waals surface area contributed by atoms with Gasteiger partial charge in [0, 0.05) is 67.7 Å². The second-order valence-electron chi connectivity index (χ2n) is 8.76. The Bertz CT molecular complexity index is 866. The quantitative estimate of drug-likeness (QED) is 0.794. The van der Waals surface area contributed by atoms with Crippen LogP contribution in [-0.2, 0) is 19.5 Å². The van der Waals surface area contributed by atoms with Gasteiger partial charge in [-0.1, -0.05) is 6.92 Å². The van der Waals surface area contributed by atoms with Crippen molar-refractivity contribution in [3.8, 4) is 0 Å². The van der Waals surface area contributed by atoms with E-state index in [0.717, 1.165) is 45.0 Å². The Kier molecular flexibility index (Phi) is 4.62. The highest BCUT2D eigenvalue weighted by Gasteiger charge is 2.41. The average Bonchev–Trinajstić information content (AvgIpc) is 3.38. The van der Waals surface area contributed by atoms with E-state index in [4.69, 9.17) is 15.1 Å². The lowest BCUT2D eigenvalue weighted by Crippen LogP contribution is -2.38. The van der Waals surface area contributed by atoms with Gasteiger partial charge in [-0.15, -0.1) is 0 Å². The van der Waals surface area contributed by atoms with Crippen molar-refractivity contribution in [3.05, 3.63) is 34.4 Å². The molecule has 0 aromatic carbocycles. The highest BCUT2D eigenvalue weighted by Crippen LogP contribution is 2.44. The van der Waals surface area contributed by atoms with Crippen LogP contribution in [0.2, 0.25) is 0 Å². The summed E-state index contributed by atoms with van der Waals surface area (Å²) in [6, 6.07) is 1.07. The van der Waals surface area contributed by atoms with Gasteiger partial charge in [-0.2, -0.15) is 5.10 Å². The summed E-state index contributed by atoms with van der Waals surface area (Å²) in [6.07, 6.45) is 9.35. The maximum absolute atomic E-state index is 5.01. The molecule has 2 aromatic heterocycles. The largest absolute Gasteiger partial charge is 0.341 e. The number of hydrogen-bond donors (Lipinski definition) is 0. The van der Waals surface area contributed by atoms with Crippen molar-refractivity contribution < 1.29 is 0 Å². The maximum Gasteiger partial charge on any atom is 0.225 e. The van der Waals surface area contributed by atoms with Crippen molar-refractivity contribution in [2.75, 3.05) is 18.0 Å². The summed E-state index contributed by atoms with van der Waals surface area (Å²) in [4.78, 5) is 14.8. The van der Waals surface area contributed by atoms with Crippen LogP contribution in [0.5, 0.6) is 0 Å². The fourth-order valence-electron chi connectivity index (χ4n) is 5.45. The van der Waals surface area contributed by atoms with Crippen LogP contribution in [0, 0.1) is 13.8 Å². The molecule has 150 valence electrons. The molecule has 3 aliphatic rings. The number of anilines is 1. The fraction of sp³-hybridized carbons (Fsp3) is 0.682. The van der Waals surface area contributed by atoms with Gasteiger partial charge in [0.25, 0.3) is 0 Å². The van der Waals surface area contributed by atoms with E-state index in [0.29, 0.717) is 12.1 Å². The minimum absolute atomic E-state index is 0.467. The first-order valence-corrected chi connectivity index (χ1v) is 11.0. The molecule has 28 heavy (non-hydrogen) atoms. The fourth-order valence-corrected chi connectivity index (χ4v) is 5.45. The molecule has 3 aliphatic heterocycles. The van der Waals surface area contributed by atoms with Crippen LogP contribution in [0.3, 0.4) is 0 Å². The van der Waals surface area contributed by atoms with E-state index in [2.05, 4.69) is 41.4 Å². The lowest BCUT2D eigenvalue weighted by atomic mass is 9.98. The van der Waals surface area contributed by atoms with Crippen LogP contribution in [-0.4, -0.2) is 43.8 Å². The van der Waals surface area contributed by atoms with Crippen molar-refractivity contribution in [1.82, 2.24) is 24.6 Å². The average molecular weight is 381 g/mol. The minimum Gasteiger partial charge on any atom is -0.341 e. The maximum atomic E-state index is 5.01. The molecule has 5 rings (SSSR count). The molecule has 6 nitrogen and oxygen atoms in total. The van der Waals surface area contributed by atoms with Crippen molar-refractivity contribution in [2.24, 2.45) is 0 Å². The van der Waals surface area contributed by atoms with Gasteiger partial charge in [-0.05, 0) is 46.0 Å². The molecule has 2 bridgehead atoms. The van der Waals surface area contributed by atoms with Crippen LogP contribution in [0.15, 0.2) is 6.20 Å². The molecule has 0 spiro atoms. The van der Waals surface area contributed by atoms with Gasteiger partial charge in [0.05, 0.1) is 11.4 Å². The molecule has 2 atom stereocenters. The molecule has 0 radical (unpaired) electrons. The van der Waals surface area contributed by atoms with Crippen LogP contribution in [0.25, 0.3) is 0 Å². The Morgan fingerprint density at radius 2 is 1.96 bits per heavy atom. The molecule has 0 N–H and O–H groups in total. The lowest BCUT2D eigenvalue weighted by Gasteiger charge is -2.36. The molecule has 2 fully saturated rings. The predicted molar refractivity (Wildman–Crippen MR) is 110 cm³/mol. The number of aryl methyl sites for hydroxylation is 2. The number of aromatic nitrogens is 4. The van der Waals surface area contributed by atoms with E-state index in [1.54, 1.807) is 0 Å². The van der Waals surface area contributed by atoms with E-state index < -0.39 is 0 Å². The van der Waals surface area contributed by atoms with E-state index in [9.17, 15) is 0 Å². The first-order chi connectivity index (χ1) is 13.7. The number of fused-ring (bicyclic) bond motifs is 4. The van der Waals surface area contributed by atoms with Gasteiger partial charge in [0.1, 0.15) is 0 Å². The van der Waals surface area contributed by atoms with Gasteiger partial charge in [-0.3, -0.25) is 9.58 Å². The van der Waals surface area contributed by atoms with Crippen LogP contribution in [0.1, 0.15) is 73.3 Å². The number of rotatable bonds is 5. The SMILES string of the molecule is CCCn1nc(C)c(CN2[C@H]3CC[C@H]2c2cnc(N4CCCC4)nc2C3)c1C. The predicted octanol–water partition coefficient (Wildman–Crippen LogP) is 3.56. The molecular weight excluding hydrogens is 348 g/mol. The lowest BCUT2D eigenvalue weighted by molar-refractivity contribution is 0.165. The molecule has 0 aliphatic carbocycles. The molecule has 0 saturated carbocycles. The molecule has 5 heterocycles. The zero-order valence-corrected chi connectivity index (χ0v) is 17.5. The zero-order chi connectivity index (χ0) is 19.3. The smallest absolute Gasteiger partial charge is 0.225 e. The second kappa shape index (κ2) is 7.14. The molecule has 0 unspecified atom stereocenters. The van der Waals surface area contributed by atoms with Crippen molar-refractivity contribution in [2.45, 2.75) is 84.5 Å². The van der Waals surface area contributed by atoms with E-state index >= 15 is 0 Å². The van der Waals surface area contributed by atoms with Crippen LogP contribution in [0.4, 0.5) is 5.95 Å². The Hall–Kier alpha value is -1.95. The van der Waals surface area contributed by atoms with E-state index in [1.165, 1.54) is 53.9 Å². The third-order valence-electron chi connectivity index (χ3n) is 7.01. The Balaban J connectivity index is 1.41. The number of nitrogens with zero attached hydrogens (tertiary/aromatic N) is 6. The Morgan fingerprint density at radius 3 is 2.75 bits per heavy atom. The first-order valence-electron chi connectivity index (χ1n) is 11.0. The zero-order valence-electron chi connectivity index (χ0n) is 17.5. The summed E-state index contributed by atoms with van der Waals surface area (Å²) in [5, 5.41) is 4.80. The van der Waals surface area contributed by atoms with Gasteiger partial charge in [-0.25, -0.2) is 9.97 Å². The minimum atomic E-state index is 0.467. The standard InChI is InChI=1S/C22H32N6/c1-4-9-28-16(3)19(15(2)25-28)14-27-17-7-8-21(27)18-13-23-22(24-20(18)12-17)26-10-5-6-11-26/h13,17,21H,4-12,14H2,1-3H3/t17-,21-/m0/s1. The third kappa shape index (κ3) is 2.93. The van der Waals surface area contributed by atoms with Crippen LogP contribution >= 0.6 is 0 Å². The Labute approximate surface area is 168 Å².